The van der Waals surface area contributed by atoms with E-state index < -0.39 is 35.8 Å². The predicted molar refractivity (Wildman–Crippen MR) is 164 cm³/mol. The SMILES string of the molecule is CC(C)COC(=O)N(CCCOc1ccc2c(c1)C(C)N(Cc1ccc(C(F)(F)F)cc1)C(=O)C(CC(=O)O)C2)c1ccccn1. The van der Waals surface area contributed by atoms with Gasteiger partial charge in [0.1, 0.15) is 11.6 Å². The van der Waals surface area contributed by atoms with E-state index in [9.17, 15) is 32.7 Å². The van der Waals surface area contributed by atoms with Crippen molar-refractivity contribution in [3.05, 3.63) is 89.1 Å². The molecule has 4 rings (SSSR count). The maximum Gasteiger partial charge on any atom is 0.416 e. The molecule has 2 aromatic carbocycles. The average molecular weight is 642 g/mol. The molecule has 2 amide bonds. The number of alkyl halides is 3. The Balaban J connectivity index is 1.49. The molecule has 46 heavy (non-hydrogen) atoms. The van der Waals surface area contributed by atoms with Gasteiger partial charge in [0, 0.05) is 19.3 Å². The molecule has 2 unspecified atom stereocenters. The molecule has 12 heteroatoms. The molecule has 2 heterocycles. The fourth-order valence-electron chi connectivity index (χ4n) is 5.31. The number of fused-ring (bicyclic) bond motifs is 1. The molecule has 1 aliphatic heterocycles. The van der Waals surface area contributed by atoms with Crippen LogP contribution in [-0.2, 0) is 33.5 Å². The number of carboxylic acids is 1. The lowest BCUT2D eigenvalue weighted by molar-refractivity contribution is -0.145. The van der Waals surface area contributed by atoms with Gasteiger partial charge in [-0.05, 0) is 78.8 Å². The summed E-state index contributed by atoms with van der Waals surface area (Å²) in [6, 6.07) is 14.7. The summed E-state index contributed by atoms with van der Waals surface area (Å²) in [5, 5.41) is 9.50. The molecule has 0 bridgehead atoms. The fraction of sp³-hybridized carbons (Fsp3) is 0.412. The minimum atomic E-state index is -4.49. The summed E-state index contributed by atoms with van der Waals surface area (Å²) in [4.78, 5) is 45.3. The third-order valence-corrected chi connectivity index (χ3v) is 7.67. The number of amides is 2. The Morgan fingerprint density at radius 2 is 1.85 bits per heavy atom. The number of carbonyl (C=O) groups excluding carboxylic acids is 2. The van der Waals surface area contributed by atoms with Crippen molar-refractivity contribution in [2.75, 3.05) is 24.7 Å². The average Bonchev–Trinajstić information content (AvgIpc) is 3.10. The van der Waals surface area contributed by atoms with Gasteiger partial charge in [-0.3, -0.25) is 14.5 Å². The largest absolute Gasteiger partial charge is 0.494 e. The highest BCUT2D eigenvalue weighted by molar-refractivity contribution is 5.86. The van der Waals surface area contributed by atoms with Crippen molar-refractivity contribution in [1.82, 2.24) is 9.88 Å². The molecule has 1 N–H and O–H groups in total. The fourth-order valence-corrected chi connectivity index (χ4v) is 5.31. The highest BCUT2D eigenvalue weighted by atomic mass is 19.4. The van der Waals surface area contributed by atoms with Gasteiger partial charge in [-0.15, -0.1) is 0 Å². The van der Waals surface area contributed by atoms with Gasteiger partial charge in [0.25, 0.3) is 0 Å². The molecular weight excluding hydrogens is 603 g/mol. The summed E-state index contributed by atoms with van der Waals surface area (Å²) >= 11 is 0. The second-order valence-electron chi connectivity index (χ2n) is 11.7. The lowest BCUT2D eigenvalue weighted by atomic mass is 9.93. The first-order chi connectivity index (χ1) is 21.8. The molecule has 2 atom stereocenters. The Morgan fingerprint density at radius 3 is 2.48 bits per heavy atom. The number of nitrogens with zero attached hydrogens (tertiary/aromatic N) is 3. The zero-order valence-corrected chi connectivity index (χ0v) is 26.0. The molecule has 3 aromatic rings. The first-order valence-corrected chi connectivity index (χ1v) is 15.1. The summed E-state index contributed by atoms with van der Waals surface area (Å²) in [5.41, 5.74) is 1.25. The number of hydrogen-bond donors (Lipinski definition) is 1. The summed E-state index contributed by atoms with van der Waals surface area (Å²) in [7, 11) is 0. The molecule has 0 spiro atoms. The van der Waals surface area contributed by atoms with Crippen LogP contribution in [0.2, 0.25) is 0 Å². The van der Waals surface area contributed by atoms with Gasteiger partial charge in [0.05, 0.1) is 37.2 Å². The number of aromatic nitrogens is 1. The maximum atomic E-state index is 13.6. The topological polar surface area (TPSA) is 109 Å². The summed E-state index contributed by atoms with van der Waals surface area (Å²) in [5.74, 6) is -1.17. The lowest BCUT2D eigenvalue weighted by Gasteiger charge is -2.30. The third-order valence-electron chi connectivity index (χ3n) is 7.67. The molecule has 0 radical (unpaired) electrons. The second-order valence-corrected chi connectivity index (χ2v) is 11.7. The van der Waals surface area contributed by atoms with Gasteiger partial charge in [-0.2, -0.15) is 13.2 Å². The van der Waals surface area contributed by atoms with Gasteiger partial charge in [0.2, 0.25) is 5.91 Å². The van der Waals surface area contributed by atoms with Gasteiger partial charge >= 0.3 is 18.2 Å². The molecule has 0 aliphatic carbocycles. The van der Waals surface area contributed by atoms with Crippen LogP contribution in [-0.4, -0.2) is 52.7 Å². The van der Waals surface area contributed by atoms with Crippen LogP contribution in [0.5, 0.6) is 5.75 Å². The number of aliphatic carboxylic acids is 1. The molecule has 246 valence electrons. The number of ether oxygens (including phenoxy) is 2. The van der Waals surface area contributed by atoms with Crippen LogP contribution in [0.15, 0.2) is 66.9 Å². The molecule has 0 fully saturated rings. The number of hydrogen-bond acceptors (Lipinski definition) is 6. The van der Waals surface area contributed by atoms with Crippen molar-refractivity contribution < 1.29 is 42.1 Å². The first kappa shape index (κ1) is 34.3. The van der Waals surface area contributed by atoms with Gasteiger partial charge in [-0.1, -0.05) is 38.1 Å². The van der Waals surface area contributed by atoms with Crippen LogP contribution in [0, 0.1) is 11.8 Å². The van der Waals surface area contributed by atoms with E-state index in [1.165, 1.54) is 21.9 Å². The molecular formula is C34H38F3N3O6. The Hall–Kier alpha value is -4.61. The van der Waals surface area contributed by atoms with Crippen molar-refractivity contribution in [1.29, 1.82) is 0 Å². The van der Waals surface area contributed by atoms with Crippen molar-refractivity contribution >= 4 is 23.8 Å². The summed E-state index contributed by atoms with van der Waals surface area (Å²) in [6.45, 7) is 6.53. The Morgan fingerprint density at radius 1 is 1.11 bits per heavy atom. The molecule has 1 aliphatic rings. The zero-order valence-electron chi connectivity index (χ0n) is 26.0. The molecule has 1 aromatic heterocycles. The molecule has 0 saturated carbocycles. The number of benzene rings is 2. The van der Waals surface area contributed by atoms with Gasteiger partial charge in [-0.25, -0.2) is 9.78 Å². The minimum absolute atomic E-state index is 0.00897. The molecule has 9 nitrogen and oxygen atoms in total. The van der Waals surface area contributed by atoms with E-state index in [0.29, 0.717) is 30.1 Å². The highest BCUT2D eigenvalue weighted by Crippen LogP contribution is 2.36. The van der Waals surface area contributed by atoms with Crippen molar-refractivity contribution in [2.24, 2.45) is 11.8 Å². The third kappa shape index (κ3) is 8.98. The summed E-state index contributed by atoms with van der Waals surface area (Å²) < 4.78 is 50.7. The number of halogens is 3. The number of carboxylic acid groups (broad SMARTS) is 1. The lowest BCUT2D eigenvalue weighted by Crippen LogP contribution is -2.37. The van der Waals surface area contributed by atoms with E-state index in [4.69, 9.17) is 9.47 Å². The van der Waals surface area contributed by atoms with Gasteiger partial charge < -0.3 is 19.5 Å². The maximum absolute atomic E-state index is 13.6. The smallest absolute Gasteiger partial charge is 0.416 e. The number of anilines is 1. The van der Waals surface area contributed by atoms with Crippen molar-refractivity contribution in [2.45, 2.75) is 58.8 Å². The van der Waals surface area contributed by atoms with Crippen LogP contribution in [0.3, 0.4) is 0 Å². The van der Waals surface area contributed by atoms with Crippen LogP contribution >= 0.6 is 0 Å². The Kier molecular flexibility index (Phi) is 11.3. The normalized spacial score (nSPS) is 16.5. The van der Waals surface area contributed by atoms with Crippen LogP contribution in [0.1, 0.15) is 61.9 Å². The van der Waals surface area contributed by atoms with Crippen LogP contribution in [0.4, 0.5) is 23.8 Å². The monoisotopic (exact) mass is 641 g/mol. The Bertz CT molecular complexity index is 1500. The van der Waals surface area contributed by atoms with Crippen molar-refractivity contribution in [3.8, 4) is 5.75 Å². The predicted octanol–water partition coefficient (Wildman–Crippen LogP) is 6.91. The second kappa shape index (κ2) is 15.1. The van der Waals surface area contributed by atoms with Crippen LogP contribution < -0.4 is 9.64 Å². The van der Waals surface area contributed by atoms with E-state index in [0.717, 1.165) is 23.3 Å². The zero-order chi connectivity index (χ0) is 33.4. The van der Waals surface area contributed by atoms with E-state index in [1.807, 2.05) is 26.0 Å². The number of rotatable bonds is 12. The first-order valence-electron chi connectivity index (χ1n) is 15.1. The van der Waals surface area contributed by atoms with E-state index in [2.05, 4.69) is 4.98 Å². The minimum Gasteiger partial charge on any atom is -0.494 e. The van der Waals surface area contributed by atoms with E-state index in [-0.39, 0.29) is 44.4 Å². The molecule has 0 saturated heterocycles. The standard InChI is InChI=1S/C34H38F3N3O6/c1-22(2)21-46-33(44)39(30-7-4-5-14-38-30)15-6-16-45-28-13-10-25-17-26(18-31(41)42)32(43)40(23(3)29(25)19-28)20-24-8-11-27(12-9-24)34(35,36)37/h4-5,7-14,19,22-23,26H,6,15-18,20-21H2,1-3H3,(H,41,42). The highest BCUT2D eigenvalue weighted by Gasteiger charge is 2.36. The summed E-state index contributed by atoms with van der Waals surface area (Å²) in [6.07, 6.45) is -3.11. The number of pyridine rings is 1. The van der Waals surface area contributed by atoms with Gasteiger partial charge in [0.15, 0.2) is 0 Å². The van der Waals surface area contributed by atoms with E-state index in [1.54, 1.807) is 37.4 Å². The van der Waals surface area contributed by atoms with Crippen LogP contribution in [0.25, 0.3) is 0 Å². The quantitative estimate of drug-likeness (QED) is 0.214. The van der Waals surface area contributed by atoms with Crippen molar-refractivity contribution in [3.63, 3.8) is 0 Å². The Labute approximate surface area is 265 Å². The number of carbonyl (C=O) groups is 3. The van der Waals surface area contributed by atoms with E-state index >= 15 is 0 Å².